The summed E-state index contributed by atoms with van der Waals surface area (Å²) < 4.78 is 5.49. The number of rotatable bonds is 2. The van der Waals surface area contributed by atoms with Crippen molar-refractivity contribution in [2.45, 2.75) is 52.9 Å². The van der Waals surface area contributed by atoms with Gasteiger partial charge < -0.3 is 4.42 Å². The third-order valence-corrected chi connectivity index (χ3v) is 2.63. The molecule has 0 aromatic carbocycles. The van der Waals surface area contributed by atoms with Crippen LogP contribution in [0.1, 0.15) is 59.0 Å². The summed E-state index contributed by atoms with van der Waals surface area (Å²) in [5.41, 5.74) is 1.08. The lowest BCUT2D eigenvalue weighted by Gasteiger charge is -2.13. The number of hydrogen-bond acceptors (Lipinski definition) is 2. The van der Waals surface area contributed by atoms with Crippen LogP contribution in [0.2, 0.25) is 0 Å². The summed E-state index contributed by atoms with van der Waals surface area (Å²) in [7, 11) is 0. The molecule has 1 aromatic heterocycles. The van der Waals surface area contributed by atoms with Gasteiger partial charge in [-0.15, -0.1) is 0 Å². The van der Waals surface area contributed by atoms with E-state index in [0.717, 1.165) is 11.6 Å². The van der Waals surface area contributed by atoms with E-state index >= 15 is 0 Å². The molecule has 0 saturated carbocycles. The molecule has 14 heavy (non-hydrogen) atoms. The van der Waals surface area contributed by atoms with Crippen molar-refractivity contribution < 1.29 is 4.42 Å². The fraction of sp³-hybridized carbons (Fsp3) is 0.750. The van der Waals surface area contributed by atoms with Crippen LogP contribution in [-0.4, -0.2) is 4.98 Å². The molecule has 2 nitrogen and oxygen atoms in total. The molecule has 0 saturated heterocycles. The second-order valence-electron chi connectivity index (χ2n) is 5.36. The van der Waals surface area contributed by atoms with Crippen LogP contribution in [0.5, 0.6) is 0 Å². The first-order chi connectivity index (χ1) is 6.32. The van der Waals surface area contributed by atoms with E-state index in [4.69, 9.17) is 4.42 Å². The van der Waals surface area contributed by atoms with Crippen LogP contribution >= 0.6 is 0 Å². The zero-order chi connectivity index (χ0) is 10.9. The summed E-state index contributed by atoms with van der Waals surface area (Å²) in [6.45, 7) is 12.9. The Hall–Kier alpha value is -0.790. The third-order valence-electron chi connectivity index (χ3n) is 2.63. The molecule has 0 aliphatic rings. The molecule has 0 unspecified atom stereocenters. The number of oxazole rings is 1. The van der Waals surface area contributed by atoms with Crippen LogP contribution in [0, 0.1) is 5.92 Å². The zero-order valence-electron chi connectivity index (χ0n) is 10.1. The van der Waals surface area contributed by atoms with Gasteiger partial charge >= 0.3 is 0 Å². The minimum absolute atomic E-state index is 0.00888. The van der Waals surface area contributed by atoms with Gasteiger partial charge in [-0.3, -0.25) is 0 Å². The summed E-state index contributed by atoms with van der Waals surface area (Å²) in [6, 6.07) is 0. The average Bonchev–Trinajstić information content (AvgIpc) is 2.49. The van der Waals surface area contributed by atoms with E-state index < -0.39 is 0 Å². The van der Waals surface area contributed by atoms with Crippen LogP contribution in [0.3, 0.4) is 0 Å². The van der Waals surface area contributed by atoms with Crippen molar-refractivity contribution in [1.82, 2.24) is 4.98 Å². The second-order valence-corrected chi connectivity index (χ2v) is 5.36. The molecular formula is C12H21NO. The van der Waals surface area contributed by atoms with E-state index in [1.807, 2.05) is 0 Å². The van der Waals surface area contributed by atoms with E-state index in [0.29, 0.717) is 11.8 Å². The third kappa shape index (κ3) is 2.37. The van der Waals surface area contributed by atoms with Gasteiger partial charge in [-0.25, -0.2) is 4.98 Å². The molecule has 0 spiro atoms. The topological polar surface area (TPSA) is 26.0 Å². The maximum Gasteiger partial charge on any atom is 0.199 e. The SMILES string of the molecule is CC(C)[C@H](C)c1coc(C(C)(C)C)n1. The molecule has 2 heteroatoms. The van der Waals surface area contributed by atoms with Gasteiger partial charge in [0, 0.05) is 11.3 Å². The maximum atomic E-state index is 5.49. The van der Waals surface area contributed by atoms with E-state index in [-0.39, 0.29) is 5.41 Å². The molecule has 0 amide bonds. The molecule has 1 rings (SSSR count). The molecule has 0 aliphatic heterocycles. The second kappa shape index (κ2) is 3.76. The first kappa shape index (κ1) is 11.3. The molecule has 0 N–H and O–H groups in total. The van der Waals surface area contributed by atoms with Gasteiger partial charge in [0.25, 0.3) is 0 Å². The van der Waals surface area contributed by atoms with Gasteiger partial charge in [-0.2, -0.15) is 0 Å². The lowest BCUT2D eigenvalue weighted by atomic mass is 9.94. The van der Waals surface area contributed by atoms with Crippen molar-refractivity contribution in [3.8, 4) is 0 Å². The van der Waals surface area contributed by atoms with Gasteiger partial charge in [0.1, 0.15) is 6.26 Å². The highest BCUT2D eigenvalue weighted by molar-refractivity contribution is 5.08. The number of aromatic nitrogens is 1. The summed E-state index contributed by atoms with van der Waals surface area (Å²) in [6.07, 6.45) is 1.80. The minimum Gasteiger partial charge on any atom is -0.448 e. The smallest absolute Gasteiger partial charge is 0.199 e. The Morgan fingerprint density at radius 3 is 2.14 bits per heavy atom. The van der Waals surface area contributed by atoms with Crippen molar-refractivity contribution in [1.29, 1.82) is 0 Å². The highest BCUT2D eigenvalue weighted by Gasteiger charge is 2.22. The van der Waals surface area contributed by atoms with Crippen LogP contribution < -0.4 is 0 Å². The fourth-order valence-corrected chi connectivity index (χ4v) is 1.18. The zero-order valence-corrected chi connectivity index (χ0v) is 10.1. The summed E-state index contributed by atoms with van der Waals surface area (Å²) in [5.74, 6) is 1.91. The van der Waals surface area contributed by atoms with Crippen LogP contribution in [0.4, 0.5) is 0 Å². The Morgan fingerprint density at radius 2 is 1.79 bits per heavy atom. The largest absolute Gasteiger partial charge is 0.448 e. The monoisotopic (exact) mass is 195 g/mol. The average molecular weight is 195 g/mol. The van der Waals surface area contributed by atoms with E-state index in [1.54, 1.807) is 6.26 Å². The molecule has 0 fully saturated rings. The predicted molar refractivity (Wildman–Crippen MR) is 58.5 cm³/mol. The fourth-order valence-electron chi connectivity index (χ4n) is 1.18. The molecule has 1 atom stereocenters. The van der Waals surface area contributed by atoms with Crippen molar-refractivity contribution in [2.24, 2.45) is 5.92 Å². The van der Waals surface area contributed by atoms with Gasteiger partial charge in [0.15, 0.2) is 5.89 Å². The predicted octanol–water partition coefficient (Wildman–Crippen LogP) is 3.73. The minimum atomic E-state index is 0.00888. The Bertz CT molecular complexity index is 294. The van der Waals surface area contributed by atoms with Crippen molar-refractivity contribution in [3.05, 3.63) is 17.8 Å². The van der Waals surface area contributed by atoms with E-state index in [9.17, 15) is 0 Å². The lowest BCUT2D eigenvalue weighted by molar-refractivity contribution is 0.392. The molecule has 80 valence electrons. The van der Waals surface area contributed by atoms with Gasteiger partial charge in [-0.1, -0.05) is 41.5 Å². The quantitative estimate of drug-likeness (QED) is 0.718. The first-order valence-corrected chi connectivity index (χ1v) is 5.28. The van der Waals surface area contributed by atoms with E-state index in [2.05, 4.69) is 46.5 Å². The standard InChI is InChI=1S/C12H21NO/c1-8(2)9(3)10-7-14-11(13-10)12(4,5)6/h7-9H,1-6H3/t9-/m0/s1. The normalized spacial score (nSPS) is 14.8. The molecule has 1 heterocycles. The molecule has 0 radical (unpaired) electrons. The van der Waals surface area contributed by atoms with Crippen molar-refractivity contribution in [2.75, 3.05) is 0 Å². The van der Waals surface area contributed by atoms with Crippen molar-refractivity contribution in [3.63, 3.8) is 0 Å². The highest BCUT2D eigenvalue weighted by Crippen LogP contribution is 2.27. The Kier molecular flexibility index (Phi) is 3.03. The number of nitrogens with zero attached hydrogens (tertiary/aromatic N) is 1. The lowest BCUT2D eigenvalue weighted by Crippen LogP contribution is -2.12. The van der Waals surface area contributed by atoms with Crippen LogP contribution in [0.15, 0.2) is 10.7 Å². The van der Waals surface area contributed by atoms with Gasteiger partial charge in [0.05, 0.1) is 5.69 Å². The number of hydrogen-bond donors (Lipinski definition) is 0. The van der Waals surface area contributed by atoms with Gasteiger partial charge in [0.2, 0.25) is 0 Å². The van der Waals surface area contributed by atoms with E-state index in [1.165, 1.54) is 0 Å². The molecule has 1 aromatic rings. The van der Waals surface area contributed by atoms with Gasteiger partial charge in [-0.05, 0) is 5.92 Å². The first-order valence-electron chi connectivity index (χ1n) is 5.28. The molecule has 0 bridgehead atoms. The Morgan fingerprint density at radius 1 is 1.21 bits per heavy atom. The van der Waals surface area contributed by atoms with Crippen LogP contribution in [-0.2, 0) is 5.41 Å². The molecular weight excluding hydrogens is 174 g/mol. The van der Waals surface area contributed by atoms with Crippen molar-refractivity contribution >= 4 is 0 Å². The highest BCUT2D eigenvalue weighted by atomic mass is 16.3. The molecule has 0 aliphatic carbocycles. The Labute approximate surface area is 86.7 Å². The maximum absolute atomic E-state index is 5.49. The summed E-state index contributed by atoms with van der Waals surface area (Å²) in [4.78, 5) is 4.54. The summed E-state index contributed by atoms with van der Waals surface area (Å²) in [5, 5.41) is 0. The summed E-state index contributed by atoms with van der Waals surface area (Å²) >= 11 is 0. The Balaban J connectivity index is 2.89. The van der Waals surface area contributed by atoms with Crippen LogP contribution in [0.25, 0.3) is 0 Å².